The van der Waals surface area contributed by atoms with Gasteiger partial charge in [0.05, 0.1) is 38.6 Å². The summed E-state index contributed by atoms with van der Waals surface area (Å²) in [5.74, 6) is -0.314. The van der Waals surface area contributed by atoms with Gasteiger partial charge in [0.2, 0.25) is 5.91 Å². The predicted molar refractivity (Wildman–Crippen MR) is 378 cm³/mol. The van der Waals surface area contributed by atoms with Gasteiger partial charge in [-0.1, -0.05) is 237 Å². The Kier molecular flexibility index (Phi) is 50.5. The molecular formula is C77H125NO18. The lowest BCUT2D eigenvalue weighted by molar-refractivity contribution is -0.379. The van der Waals surface area contributed by atoms with Crippen LogP contribution in [0.4, 0.5) is 0 Å². The molecule has 96 heavy (non-hydrogen) atoms. The maximum absolute atomic E-state index is 13.4. The molecule has 0 spiro atoms. The van der Waals surface area contributed by atoms with Crippen LogP contribution in [-0.2, 0) is 33.2 Å². The molecule has 19 nitrogen and oxygen atoms in total. The number of carbonyl (C=O) groups excluding carboxylic acids is 1. The van der Waals surface area contributed by atoms with E-state index in [1.165, 1.54) is 57.8 Å². The Morgan fingerprint density at radius 2 is 0.719 bits per heavy atom. The second-order valence-electron chi connectivity index (χ2n) is 25.0. The highest BCUT2D eigenvalue weighted by Crippen LogP contribution is 2.33. The van der Waals surface area contributed by atoms with E-state index in [0.717, 1.165) is 116 Å². The monoisotopic (exact) mass is 1350 g/mol. The van der Waals surface area contributed by atoms with E-state index in [0.29, 0.717) is 6.42 Å². The van der Waals surface area contributed by atoms with Gasteiger partial charge >= 0.3 is 0 Å². The van der Waals surface area contributed by atoms with Crippen LogP contribution >= 0.6 is 0 Å². The number of nitrogens with one attached hydrogen (secondary N) is 1. The highest BCUT2D eigenvalue weighted by Gasteiger charge is 2.53. The number of ether oxygens (including phenoxy) is 6. The highest BCUT2D eigenvalue weighted by atomic mass is 16.8. The second kappa shape index (κ2) is 56.4. The number of unbranched alkanes of at least 4 members (excludes halogenated alkanes) is 15. The van der Waals surface area contributed by atoms with E-state index < -0.39 is 124 Å². The Hall–Kier alpha value is -4.33. The number of aliphatic hydroxyl groups is 11. The number of hydrogen-bond donors (Lipinski definition) is 12. The first kappa shape index (κ1) is 85.9. The zero-order chi connectivity index (χ0) is 69.6. The molecule has 3 fully saturated rings. The third-order valence-corrected chi connectivity index (χ3v) is 16.9. The molecule has 3 aliphatic heterocycles. The summed E-state index contributed by atoms with van der Waals surface area (Å²) >= 11 is 0. The summed E-state index contributed by atoms with van der Waals surface area (Å²) in [5, 5.41) is 120. The first-order chi connectivity index (χ1) is 46.8. The van der Waals surface area contributed by atoms with Crippen LogP contribution < -0.4 is 5.32 Å². The maximum Gasteiger partial charge on any atom is 0.220 e. The maximum atomic E-state index is 13.4. The van der Waals surface area contributed by atoms with Crippen LogP contribution in [0, 0.1) is 0 Å². The zero-order valence-corrected chi connectivity index (χ0v) is 57.8. The van der Waals surface area contributed by atoms with Crippen molar-refractivity contribution in [1.29, 1.82) is 0 Å². The highest BCUT2D eigenvalue weighted by molar-refractivity contribution is 5.76. The third-order valence-electron chi connectivity index (χ3n) is 16.9. The van der Waals surface area contributed by atoms with Gasteiger partial charge < -0.3 is 89.9 Å². The number of carbonyl (C=O) groups is 1. The standard InChI is InChI=1S/C77H125NO18/c1-3-5-7-9-11-13-15-17-19-20-21-22-23-24-25-26-27-28-29-30-31-32-33-34-35-36-37-38-39-40-41-43-45-47-49-51-53-55-65(83)78-60(61(82)54-52-50-48-46-44-42-18-16-14-12-10-8-6-4-2)59-91-75-71(89)68(86)73(63(57-80)93-75)96-77-72(90)69(87)74(64(58-81)94-77)95-76-70(88)67(85)66(84)62(56-79)92-76/h5,7,11,13,17,19,21-22,24-25,27-28,30-31,33-34,36-37,39-40,43,45,52,54,60-64,66-77,79-82,84-90H,3-4,6,8-10,12,14-16,18,20,23,26,29,32,35,38,41-42,44,46-51,53,55-59H2,1-2H3,(H,78,83)/b7-5-,13-11-,19-17-,22-21-,25-24-,28-27-,31-30-,34-33-,37-36-,40-39-,45-43-,54-52+. The van der Waals surface area contributed by atoms with Gasteiger partial charge in [0.25, 0.3) is 0 Å². The lowest BCUT2D eigenvalue weighted by Crippen LogP contribution is -2.66. The van der Waals surface area contributed by atoms with Crippen LogP contribution in [0.5, 0.6) is 0 Å². The number of amides is 1. The lowest BCUT2D eigenvalue weighted by atomic mass is 9.96. The summed E-state index contributed by atoms with van der Waals surface area (Å²) in [4.78, 5) is 13.4. The molecule has 3 heterocycles. The predicted octanol–water partition coefficient (Wildman–Crippen LogP) is 10.3. The van der Waals surface area contributed by atoms with Crippen molar-refractivity contribution >= 4 is 5.91 Å². The molecule has 0 aliphatic carbocycles. The molecule has 0 aromatic rings. The van der Waals surface area contributed by atoms with Gasteiger partial charge in [0.15, 0.2) is 18.9 Å². The molecule has 3 rings (SSSR count). The van der Waals surface area contributed by atoms with Crippen LogP contribution in [-0.4, -0.2) is 193 Å². The van der Waals surface area contributed by atoms with Crippen molar-refractivity contribution in [2.45, 2.75) is 304 Å². The van der Waals surface area contributed by atoms with Crippen LogP contribution in [0.3, 0.4) is 0 Å². The summed E-state index contributed by atoms with van der Waals surface area (Å²) < 4.78 is 34.3. The SMILES string of the molecule is CC/C=C\C/C=C\C/C=C\C/C=C\C/C=C\C/C=C\C/C=C\C/C=C\C/C=C\C/C=C\C/C=C\CCCCCC(=O)NC(COC1OC(CO)C(OC2OC(CO)C(OC3OC(CO)C(O)C(O)C3O)C(O)C2O)C(O)C1O)C(O)/C=C/CCCCCCCCCCCCCC. The minimum Gasteiger partial charge on any atom is -0.394 e. The van der Waals surface area contributed by atoms with Gasteiger partial charge in [0, 0.05) is 6.42 Å². The summed E-state index contributed by atoms with van der Waals surface area (Å²) in [5.41, 5.74) is 0. The summed E-state index contributed by atoms with van der Waals surface area (Å²) in [6.45, 7) is 1.56. The van der Waals surface area contributed by atoms with Gasteiger partial charge in [-0.25, -0.2) is 0 Å². The second-order valence-corrected chi connectivity index (χ2v) is 25.0. The fourth-order valence-corrected chi connectivity index (χ4v) is 11.1. The Bertz CT molecular complexity index is 2310. The molecule has 0 radical (unpaired) electrons. The van der Waals surface area contributed by atoms with E-state index in [9.17, 15) is 61.0 Å². The number of hydrogen-bond acceptors (Lipinski definition) is 18. The van der Waals surface area contributed by atoms with Crippen molar-refractivity contribution in [2.24, 2.45) is 0 Å². The zero-order valence-electron chi connectivity index (χ0n) is 57.8. The van der Waals surface area contributed by atoms with Gasteiger partial charge in [0.1, 0.15) is 73.2 Å². The number of allylic oxidation sites excluding steroid dienone is 23. The molecule has 0 bridgehead atoms. The van der Waals surface area contributed by atoms with E-state index >= 15 is 0 Å². The van der Waals surface area contributed by atoms with E-state index in [1.54, 1.807) is 6.08 Å². The largest absolute Gasteiger partial charge is 0.394 e. The van der Waals surface area contributed by atoms with E-state index in [4.69, 9.17) is 28.4 Å². The molecule has 19 heteroatoms. The minimum absolute atomic E-state index is 0.193. The first-order valence-electron chi connectivity index (χ1n) is 36.1. The number of rotatable bonds is 53. The van der Waals surface area contributed by atoms with Crippen molar-refractivity contribution in [3.05, 3.63) is 146 Å². The van der Waals surface area contributed by atoms with Crippen molar-refractivity contribution in [1.82, 2.24) is 5.32 Å². The third kappa shape index (κ3) is 37.2. The van der Waals surface area contributed by atoms with Crippen LogP contribution in [0.2, 0.25) is 0 Å². The molecule has 0 saturated carbocycles. The van der Waals surface area contributed by atoms with Gasteiger partial charge in [-0.3, -0.25) is 4.79 Å². The molecule has 0 aromatic heterocycles. The molecule has 17 unspecified atom stereocenters. The Labute approximate surface area is 574 Å². The van der Waals surface area contributed by atoms with Crippen LogP contribution in [0.1, 0.15) is 200 Å². The quantitative estimate of drug-likeness (QED) is 0.0199. The summed E-state index contributed by atoms with van der Waals surface area (Å²) in [6.07, 6.45) is 54.0. The van der Waals surface area contributed by atoms with Crippen molar-refractivity contribution in [3.8, 4) is 0 Å². The summed E-state index contributed by atoms with van der Waals surface area (Å²) in [7, 11) is 0. The molecule has 3 aliphatic rings. The first-order valence-corrected chi connectivity index (χ1v) is 36.1. The fourth-order valence-electron chi connectivity index (χ4n) is 11.1. The molecule has 3 saturated heterocycles. The molecule has 17 atom stereocenters. The Morgan fingerprint density at radius 3 is 1.12 bits per heavy atom. The summed E-state index contributed by atoms with van der Waals surface area (Å²) in [6, 6.07) is -1.00. The average Bonchev–Trinajstić information content (AvgIpc) is 0.787. The van der Waals surface area contributed by atoms with Gasteiger partial charge in [-0.05, 0) is 103 Å². The number of aliphatic hydroxyl groups excluding tert-OH is 11. The van der Waals surface area contributed by atoms with Gasteiger partial charge in [-0.15, -0.1) is 0 Å². The van der Waals surface area contributed by atoms with Gasteiger partial charge in [-0.2, -0.15) is 0 Å². The van der Waals surface area contributed by atoms with Crippen LogP contribution in [0.15, 0.2) is 146 Å². The average molecular weight is 1350 g/mol. The molecule has 546 valence electrons. The van der Waals surface area contributed by atoms with E-state index in [1.807, 2.05) is 6.08 Å². The van der Waals surface area contributed by atoms with E-state index in [2.05, 4.69) is 153 Å². The fraction of sp³-hybridized carbons (Fsp3) is 0.675. The lowest BCUT2D eigenvalue weighted by Gasteiger charge is -2.48. The molecule has 12 N–H and O–H groups in total. The topological polar surface area (TPSA) is 307 Å². The Balaban J connectivity index is 1.39. The molecule has 0 aromatic carbocycles. The smallest absolute Gasteiger partial charge is 0.220 e. The van der Waals surface area contributed by atoms with Crippen LogP contribution in [0.25, 0.3) is 0 Å². The minimum atomic E-state index is -1.99. The van der Waals surface area contributed by atoms with Crippen molar-refractivity contribution < 1.29 is 89.4 Å². The van der Waals surface area contributed by atoms with Crippen molar-refractivity contribution in [3.63, 3.8) is 0 Å². The Morgan fingerprint density at radius 1 is 0.385 bits per heavy atom. The normalized spacial score (nSPS) is 27.9. The molecule has 1 amide bonds. The van der Waals surface area contributed by atoms with Crippen molar-refractivity contribution in [2.75, 3.05) is 26.4 Å². The van der Waals surface area contributed by atoms with E-state index in [-0.39, 0.29) is 18.9 Å². The molecular weight excluding hydrogens is 1230 g/mol.